The summed E-state index contributed by atoms with van der Waals surface area (Å²) >= 11 is 6.05. The summed E-state index contributed by atoms with van der Waals surface area (Å²) in [4.78, 5) is 11.5. The van der Waals surface area contributed by atoms with Crippen LogP contribution in [0.5, 0.6) is 0 Å². The van der Waals surface area contributed by atoms with Crippen LogP contribution in [0.15, 0.2) is 41.3 Å². The topological polar surface area (TPSA) is 93.0 Å². The first-order valence-electron chi connectivity index (χ1n) is 9.97. The van der Waals surface area contributed by atoms with E-state index in [9.17, 15) is 31.7 Å². The van der Waals surface area contributed by atoms with Gasteiger partial charge in [-0.2, -0.15) is 17.5 Å². The van der Waals surface area contributed by atoms with Gasteiger partial charge in [0.05, 0.1) is 17.1 Å². The number of nitro benzene ring substituents is 1. The second-order valence-corrected chi connectivity index (χ2v) is 10.1. The SMILES string of the molecule is O=[N+]([O-])c1cc(C(F)(F)F)ccc1S(=O)(=O)N1CCC(N2COCc3cc(Cl)ccc32)CC1. The number of sulfonamides is 1. The standard InChI is InChI=1S/C20H19ClF3N3O5S/c21-15-2-3-17-13(9-15)11-32-12-26(17)16-5-7-25(8-6-16)33(30,31)19-4-1-14(20(22,23)24)10-18(19)27(28)29/h1-4,9-10,16H,5-8,11-12H2. The van der Waals surface area contributed by atoms with Crippen LogP contribution in [0.25, 0.3) is 0 Å². The van der Waals surface area contributed by atoms with Gasteiger partial charge in [0.2, 0.25) is 10.0 Å². The molecule has 2 heterocycles. The van der Waals surface area contributed by atoms with Crippen LogP contribution in [-0.4, -0.2) is 43.5 Å². The Bertz CT molecular complexity index is 1180. The third kappa shape index (κ3) is 4.65. The number of piperidine rings is 1. The summed E-state index contributed by atoms with van der Waals surface area (Å²) in [5.74, 6) is 0. The molecule has 0 bridgehead atoms. The molecule has 0 radical (unpaired) electrons. The molecule has 2 aliphatic heterocycles. The number of fused-ring (bicyclic) bond motifs is 1. The van der Waals surface area contributed by atoms with Crippen LogP contribution in [0.4, 0.5) is 24.5 Å². The van der Waals surface area contributed by atoms with E-state index >= 15 is 0 Å². The van der Waals surface area contributed by atoms with Gasteiger partial charge in [0.25, 0.3) is 5.69 Å². The van der Waals surface area contributed by atoms with Gasteiger partial charge in [-0.25, -0.2) is 8.42 Å². The zero-order valence-corrected chi connectivity index (χ0v) is 18.7. The van der Waals surface area contributed by atoms with E-state index in [1.165, 1.54) is 0 Å². The molecule has 0 unspecified atom stereocenters. The van der Waals surface area contributed by atoms with Crippen LogP contribution in [0.1, 0.15) is 24.0 Å². The molecule has 1 saturated heterocycles. The van der Waals surface area contributed by atoms with Gasteiger partial charge in [-0.1, -0.05) is 11.6 Å². The number of alkyl halides is 3. The summed E-state index contributed by atoms with van der Waals surface area (Å²) in [6.07, 6.45) is -4.00. The maximum absolute atomic E-state index is 13.1. The predicted octanol–water partition coefficient (Wildman–Crippen LogP) is 4.41. The molecular formula is C20H19ClF3N3O5S. The Labute approximate surface area is 192 Å². The van der Waals surface area contributed by atoms with E-state index in [0.29, 0.717) is 43.3 Å². The minimum atomic E-state index is -4.83. The van der Waals surface area contributed by atoms with Gasteiger partial charge in [0, 0.05) is 41.5 Å². The first-order chi connectivity index (χ1) is 15.5. The molecule has 0 amide bonds. The predicted molar refractivity (Wildman–Crippen MR) is 113 cm³/mol. The highest BCUT2D eigenvalue weighted by Gasteiger charge is 2.39. The van der Waals surface area contributed by atoms with Crippen LogP contribution in [0.3, 0.4) is 0 Å². The molecule has 0 aromatic heterocycles. The Kier molecular flexibility index (Phi) is 6.29. The third-order valence-corrected chi connectivity index (χ3v) is 7.99. The average molecular weight is 506 g/mol. The van der Waals surface area contributed by atoms with Crippen molar-refractivity contribution in [2.75, 3.05) is 24.7 Å². The van der Waals surface area contributed by atoms with E-state index in [2.05, 4.69) is 0 Å². The Morgan fingerprint density at radius 3 is 2.45 bits per heavy atom. The van der Waals surface area contributed by atoms with Gasteiger partial charge in [-0.15, -0.1) is 0 Å². The minimum Gasteiger partial charge on any atom is -0.356 e. The van der Waals surface area contributed by atoms with Crippen LogP contribution >= 0.6 is 11.6 Å². The third-order valence-electron chi connectivity index (χ3n) is 5.80. The summed E-state index contributed by atoms with van der Waals surface area (Å²) in [6, 6.07) is 6.87. The van der Waals surface area contributed by atoms with Gasteiger partial charge in [-0.05, 0) is 43.2 Å². The number of nitrogens with zero attached hydrogens (tertiary/aromatic N) is 3. The van der Waals surface area contributed by atoms with Crippen molar-refractivity contribution in [1.82, 2.24) is 4.31 Å². The van der Waals surface area contributed by atoms with E-state index in [0.717, 1.165) is 15.6 Å². The second kappa shape index (κ2) is 8.75. The van der Waals surface area contributed by atoms with E-state index in [1.54, 1.807) is 6.07 Å². The number of benzene rings is 2. The van der Waals surface area contributed by atoms with E-state index in [4.69, 9.17) is 16.3 Å². The molecule has 2 aliphatic rings. The molecule has 13 heteroatoms. The van der Waals surface area contributed by atoms with E-state index in [-0.39, 0.29) is 25.2 Å². The molecule has 178 valence electrons. The lowest BCUT2D eigenvalue weighted by atomic mass is 10.0. The quantitative estimate of drug-likeness (QED) is 0.451. The molecule has 0 spiro atoms. The summed E-state index contributed by atoms with van der Waals surface area (Å²) in [5, 5.41) is 11.9. The number of rotatable bonds is 4. The van der Waals surface area contributed by atoms with Crippen molar-refractivity contribution in [3.63, 3.8) is 0 Å². The molecule has 2 aromatic rings. The minimum absolute atomic E-state index is 0.0423. The molecule has 2 aromatic carbocycles. The lowest BCUT2D eigenvalue weighted by Gasteiger charge is -2.41. The Morgan fingerprint density at radius 2 is 1.82 bits per heavy atom. The fourth-order valence-electron chi connectivity index (χ4n) is 4.16. The van der Waals surface area contributed by atoms with Crippen LogP contribution in [-0.2, 0) is 27.5 Å². The Balaban J connectivity index is 1.54. The van der Waals surface area contributed by atoms with Crippen LogP contribution in [0.2, 0.25) is 5.02 Å². The number of hydrogen-bond donors (Lipinski definition) is 0. The van der Waals surface area contributed by atoms with Crippen molar-refractivity contribution in [3.8, 4) is 0 Å². The zero-order valence-electron chi connectivity index (χ0n) is 17.1. The fourth-order valence-corrected chi connectivity index (χ4v) is 5.97. The van der Waals surface area contributed by atoms with Gasteiger partial charge < -0.3 is 9.64 Å². The van der Waals surface area contributed by atoms with Gasteiger partial charge >= 0.3 is 6.18 Å². The number of halogens is 4. The molecule has 0 atom stereocenters. The van der Waals surface area contributed by atoms with Crippen molar-refractivity contribution < 1.29 is 31.2 Å². The normalized spacial score (nSPS) is 18.2. The molecule has 0 saturated carbocycles. The molecule has 1 fully saturated rings. The van der Waals surface area contributed by atoms with Crippen LogP contribution < -0.4 is 4.90 Å². The van der Waals surface area contributed by atoms with E-state index < -0.39 is 37.3 Å². The maximum Gasteiger partial charge on any atom is 0.416 e. The fraction of sp³-hybridized carbons (Fsp3) is 0.400. The molecule has 33 heavy (non-hydrogen) atoms. The summed E-state index contributed by atoms with van der Waals surface area (Å²) in [7, 11) is -4.36. The van der Waals surface area contributed by atoms with Crippen molar-refractivity contribution in [1.29, 1.82) is 0 Å². The lowest BCUT2D eigenvalue weighted by molar-refractivity contribution is -0.388. The summed E-state index contributed by atoms with van der Waals surface area (Å²) in [5.41, 5.74) is -0.507. The van der Waals surface area contributed by atoms with Crippen molar-refractivity contribution in [2.45, 2.75) is 36.6 Å². The largest absolute Gasteiger partial charge is 0.416 e. The van der Waals surface area contributed by atoms with Gasteiger partial charge in [0.15, 0.2) is 4.90 Å². The van der Waals surface area contributed by atoms with Crippen LogP contribution in [0, 0.1) is 10.1 Å². The Hall–Kier alpha value is -2.41. The summed E-state index contributed by atoms with van der Waals surface area (Å²) in [6.45, 7) is 0.864. The first-order valence-corrected chi connectivity index (χ1v) is 11.8. The van der Waals surface area contributed by atoms with Crippen molar-refractivity contribution in [2.24, 2.45) is 0 Å². The van der Waals surface area contributed by atoms with Gasteiger partial charge in [0.1, 0.15) is 6.73 Å². The number of anilines is 1. The molecule has 8 nitrogen and oxygen atoms in total. The highest BCUT2D eigenvalue weighted by Crippen LogP contribution is 2.37. The maximum atomic E-state index is 13.1. The average Bonchev–Trinajstić information content (AvgIpc) is 2.77. The molecule has 0 aliphatic carbocycles. The molecule has 0 N–H and O–H groups in total. The second-order valence-electron chi connectivity index (χ2n) is 7.79. The first kappa shape index (κ1) is 23.7. The Morgan fingerprint density at radius 1 is 1.12 bits per heavy atom. The molecule has 4 rings (SSSR count). The smallest absolute Gasteiger partial charge is 0.356 e. The van der Waals surface area contributed by atoms with Gasteiger partial charge in [-0.3, -0.25) is 10.1 Å². The highest BCUT2D eigenvalue weighted by molar-refractivity contribution is 7.89. The van der Waals surface area contributed by atoms with Crippen molar-refractivity contribution in [3.05, 3.63) is 62.7 Å². The monoisotopic (exact) mass is 505 g/mol. The number of hydrogen-bond acceptors (Lipinski definition) is 6. The zero-order chi connectivity index (χ0) is 24.0. The van der Waals surface area contributed by atoms with Crippen molar-refractivity contribution >= 4 is 33.0 Å². The lowest BCUT2D eigenvalue weighted by Crippen LogP contribution is -2.48. The van der Waals surface area contributed by atoms with E-state index in [1.807, 2.05) is 17.0 Å². The highest BCUT2D eigenvalue weighted by atomic mass is 35.5. The number of nitro groups is 1. The number of ether oxygens (including phenoxy) is 1. The summed E-state index contributed by atoms with van der Waals surface area (Å²) < 4.78 is 71.7. The molecular weight excluding hydrogens is 487 g/mol.